The van der Waals surface area contributed by atoms with Crippen LogP contribution < -0.4 is 10.1 Å². The molecule has 1 aromatic heterocycles. The van der Waals surface area contributed by atoms with Gasteiger partial charge in [0.15, 0.2) is 17.1 Å². The highest BCUT2D eigenvalue weighted by Crippen LogP contribution is 2.26. The lowest BCUT2D eigenvalue weighted by molar-refractivity contribution is -0.113. The van der Waals surface area contributed by atoms with Crippen molar-refractivity contribution in [2.24, 2.45) is 0 Å². The summed E-state index contributed by atoms with van der Waals surface area (Å²) in [6.45, 7) is 10.3. The summed E-state index contributed by atoms with van der Waals surface area (Å²) in [7, 11) is 0. The van der Waals surface area contributed by atoms with Crippen LogP contribution in [0.5, 0.6) is 5.75 Å². The number of carbonyl (C=O) groups excluding carboxylic acids is 1. The summed E-state index contributed by atoms with van der Waals surface area (Å²) in [4.78, 5) is 12.5. The monoisotopic (exact) mass is 470 g/mol. The maximum Gasteiger partial charge on any atom is 0.234 e. The fourth-order valence-electron chi connectivity index (χ4n) is 3.11. The molecule has 0 aliphatic rings. The van der Waals surface area contributed by atoms with Gasteiger partial charge < -0.3 is 10.1 Å². The van der Waals surface area contributed by atoms with Crippen molar-refractivity contribution >= 4 is 35.0 Å². The molecule has 3 aromatic rings. The molecular formula is C24H27ClN4O2S. The molecule has 2 aromatic carbocycles. The first-order valence-electron chi connectivity index (χ1n) is 10.4. The van der Waals surface area contributed by atoms with Crippen LogP contribution in [0.4, 0.5) is 5.69 Å². The van der Waals surface area contributed by atoms with E-state index in [2.05, 4.69) is 41.1 Å². The van der Waals surface area contributed by atoms with Crippen LogP contribution >= 0.6 is 23.4 Å². The predicted molar refractivity (Wildman–Crippen MR) is 131 cm³/mol. The molecule has 0 aliphatic heterocycles. The Morgan fingerprint density at radius 3 is 2.72 bits per heavy atom. The third kappa shape index (κ3) is 6.14. The smallest absolute Gasteiger partial charge is 0.234 e. The first kappa shape index (κ1) is 23.9. The van der Waals surface area contributed by atoms with Crippen molar-refractivity contribution in [2.45, 2.75) is 45.0 Å². The first-order chi connectivity index (χ1) is 15.4. The van der Waals surface area contributed by atoms with Gasteiger partial charge in [0.2, 0.25) is 5.91 Å². The van der Waals surface area contributed by atoms with Gasteiger partial charge in [0.25, 0.3) is 0 Å². The number of amides is 1. The Kier molecular flexibility index (Phi) is 8.36. The van der Waals surface area contributed by atoms with E-state index >= 15 is 0 Å². The van der Waals surface area contributed by atoms with Crippen molar-refractivity contribution in [3.05, 3.63) is 77.1 Å². The number of benzene rings is 2. The minimum Gasteiger partial charge on any atom is -0.483 e. The van der Waals surface area contributed by atoms with E-state index in [4.69, 9.17) is 16.3 Å². The lowest BCUT2D eigenvalue weighted by atomic mass is 10.2. The summed E-state index contributed by atoms with van der Waals surface area (Å²) >= 11 is 7.35. The van der Waals surface area contributed by atoms with Gasteiger partial charge in [-0.3, -0.25) is 9.36 Å². The Labute approximate surface area is 198 Å². The second-order valence-electron chi connectivity index (χ2n) is 7.29. The van der Waals surface area contributed by atoms with Crippen molar-refractivity contribution < 1.29 is 9.53 Å². The third-order valence-electron chi connectivity index (χ3n) is 4.87. The van der Waals surface area contributed by atoms with Gasteiger partial charge in [-0.25, -0.2) is 0 Å². The highest BCUT2D eigenvalue weighted by Gasteiger charge is 2.20. The van der Waals surface area contributed by atoms with E-state index in [1.165, 1.54) is 17.3 Å². The molecule has 6 nitrogen and oxygen atoms in total. The first-order valence-corrected chi connectivity index (χ1v) is 11.8. The van der Waals surface area contributed by atoms with E-state index in [0.717, 1.165) is 17.7 Å². The number of thioether (sulfide) groups is 1. The number of rotatable bonds is 10. The molecule has 3 rings (SSSR count). The maximum atomic E-state index is 12.5. The Morgan fingerprint density at radius 1 is 1.28 bits per heavy atom. The molecular weight excluding hydrogens is 444 g/mol. The molecule has 0 fully saturated rings. The van der Waals surface area contributed by atoms with Crippen molar-refractivity contribution in [2.75, 3.05) is 11.1 Å². The van der Waals surface area contributed by atoms with Gasteiger partial charge in [0, 0.05) is 17.3 Å². The molecule has 0 saturated heterocycles. The maximum absolute atomic E-state index is 12.5. The molecule has 0 saturated carbocycles. The molecule has 1 unspecified atom stereocenters. The summed E-state index contributed by atoms with van der Waals surface area (Å²) in [6, 6.07) is 13.4. The number of ether oxygens (including phenoxy) is 1. The number of hydrogen-bond donors (Lipinski definition) is 1. The van der Waals surface area contributed by atoms with Crippen LogP contribution in [-0.2, 0) is 17.8 Å². The molecule has 32 heavy (non-hydrogen) atoms. The van der Waals surface area contributed by atoms with E-state index in [1.807, 2.05) is 36.6 Å². The highest BCUT2D eigenvalue weighted by molar-refractivity contribution is 7.99. The van der Waals surface area contributed by atoms with Crippen molar-refractivity contribution in [3.8, 4) is 5.75 Å². The number of anilines is 1. The Bertz CT molecular complexity index is 1080. The number of halogens is 1. The zero-order chi connectivity index (χ0) is 23.1. The highest BCUT2D eigenvalue weighted by atomic mass is 35.5. The van der Waals surface area contributed by atoms with Crippen molar-refractivity contribution in [3.63, 3.8) is 0 Å². The fraction of sp³-hybridized carbons (Fsp3) is 0.292. The van der Waals surface area contributed by atoms with E-state index in [9.17, 15) is 4.79 Å². The molecule has 1 amide bonds. The topological polar surface area (TPSA) is 69.0 Å². The van der Waals surface area contributed by atoms with Gasteiger partial charge in [-0.1, -0.05) is 54.6 Å². The second kappa shape index (κ2) is 11.2. The Balaban J connectivity index is 1.67. The van der Waals surface area contributed by atoms with Crippen LogP contribution in [0.2, 0.25) is 5.02 Å². The van der Waals surface area contributed by atoms with Gasteiger partial charge in [-0.15, -0.1) is 16.8 Å². The number of nitrogens with one attached hydrogen (secondary N) is 1. The van der Waals surface area contributed by atoms with Gasteiger partial charge >= 0.3 is 0 Å². The van der Waals surface area contributed by atoms with E-state index in [1.54, 1.807) is 18.2 Å². The summed E-state index contributed by atoms with van der Waals surface area (Å²) in [5.41, 5.74) is 2.90. The van der Waals surface area contributed by atoms with Gasteiger partial charge in [-0.2, -0.15) is 0 Å². The number of aromatic nitrogens is 3. The number of nitrogens with zero attached hydrogens (tertiary/aromatic N) is 3. The summed E-state index contributed by atoms with van der Waals surface area (Å²) in [6.07, 6.45) is 2.44. The third-order valence-corrected chi connectivity index (χ3v) is 6.07. The van der Waals surface area contributed by atoms with E-state index in [0.29, 0.717) is 28.2 Å². The van der Waals surface area contributed by atoms with Gasteiger partial charge in [0.1, 0.15) is 5.75 Å². The lowest BCUT2D eigenvalue weighted by Gasteiger charge is -2.16. The van der Waals surface area contributed by atoms with Crippen LogP contribution in [0.3, 0.4) is 0 Å². The molecule has 0 bridgehead atoms. The van der Waals surface area contributed by atoms with Crippen LogP contribution in [0, 0.1) is 6.92 Å². The second-order valence-corrected chi connectivity index (χ2v) is 8.67. The lowest BCUT2D eigenvalue weighted by Crippen LogP contribution is -2.16. The molecule has 1 atom stereocenters. The van der Waals surface area contributed by atoms with Crippen LogP contribution in [0.1, 0.15) is 36.9 Å². The SMILES string of the molecule is C=CCn1c(SCC(=O)Nc2cc(Cl)ccc2C)nnc1C(C)Oc1ccc(CC)cc1. The minimum atomic E-state index is -0.313. The average Bonchev–Trinajstić information content (AvgIpc) is 3.18. The number of carbonyl (C=O) groups is 1. The molecule has 8 heteroatoms. The van der Waals surface area contributed by atoms with E-state index < -0.39 is 0 Å². The number of allylic oxidation sites excluding steroid dienone is 1. The Hall–Kier alpha value is -2.77. The number of aryl methyl sites for hydroxylation is 2. The predicted octanol–water partition coefficient (Wildman–Crippen LogP) is 5.86. The quantitative estimate of drug-likeness (QED) is 0.297. The number of hydrogen-bond acceptors (Lipinski definition) is 5. The summed E-state index contributed by atoms with van der Waals surface area (Å²) in [5.74, 6) is 1.50. The standard InChI is InChI=1S/C24H27ClN4O2S/c1-5-13-29-23(17(4)31-20-11-8-18(6-2)9-12-20)27-28-24(29)32-15-22(30)26-21-14-19(25)10-7-16(21)3/h5,7-12,14,17H,1,6,13,15H2,2-4H3,(H,26,30). The van der Waals surface area contributed by atoms with Gasteiger partial charge in [-0.05, 0) is 55.7 Å². The zero-order valence-corrected chi connectivity index (χ0v) is 20.0. The molecule has 1 N–H and O–H groups in total. The fourth-order valence-corrected chi connectivity index (χ4v) is 4.04. The summed E-state index contributed by atoms with van der Waals surface area (Å²) < 4.78 is 7.99. The van der Waals surface area contributed by atoms with Crippen LogP contribution in [0.25, 0.3) is 0 Å². The normalized spacial score (nSPS) is 11.8. The minimum absolute atomic E-state index is 0.143. The zero-order valence-electron chi connectivity index (χ0n) is 18.5. The molecule has 168 valence electrons. The molecule has 1 heterocycles. The van der Waals surface area contributed by atoms with Crippen LogP contribution in [-0.4, -0.2) is 26.4 Å². The van der Waals surface area contributed by atoms with Gasteiger partial charge in [0.05, 0.1) is 5.75 Å². The largest absolute Gasteiger partial charge is 0.483 e. The van der Waals surface area contributed by atoms with Crippen molar-refractivity contribution in [1.29, 1.82) is 0 Å². The van der Waals surface area contributed by atoms with E-state index in [-0.39, 0.29) is 17.8 Å². The Morgan fingerprint density at radius 2 is 2.03 bits per heavy atom. The summed E-state index contributed by atoms with van der Waals surface area (Å²) in [5, 5.41) is 12.7. The van der Waals surface area contributed by atoms with Crippen LogP contribution in [0.15, 0.2) is 60.3 Å². The molecule has 0 aliphatic carbocycles. The average molecular weight is 471 g/mol. The van der Waals surface area contributed by atoms with Crippen molar-refractivity contribution in [1.82, 2.24) is 14.8 Å². The molecule has 0 radical (unpaired) electrons. The molecule has 0 spiro atoms.